The first-order valence-electron chi connectivity index (χ1n) is 7.11. The molecule has 0 radical (unpaired) electrons. The Morgan fingerprint density at radius 3 is 2.94 bits per heavy atom. The second-order valence-electron chi connectivity index (χ2n) is 5.98. The summed E-state index contributed by atoms with van der Waals surface area (Å²) in [6.07, 6.45) is 6.87. The van der Waals surface area contributed by atoms with Crippen LogP contribution in [-0.2, 0) is 6.42 Å². The van der Waals surface area contributed by atoms with Crippen molar-refractivity contribution < 1.29 is 0 Å². The standard InChI is InChI=1S/C16H21BrS/c1-11-6-7-15(17)13(8-11)10-14-9-12-4-2-3-5-16(12)18-14/h2-5,11,13-15H,6-10H2,1H3. The molecule has 2 aliphatic rings. The lowest BCUT2D eigenvalue weighted by atomic mass is 9.79. The molecule has 98 valence electrons. The molecule has 1 heterocycles. The van der Waals surface area contributed by atoms with Gasteiger partial charge in [-0.15, -0.1) is 11.8 Å². The van der Waals surface area contributed by atoms with Crippen LogP contribution in [0.25, 0.3) is 0 Å². The third-order valence-electron chi connectivity index (χ3n) is 4.43. The van der Waals surface area contributed by atoms with Crippen LogP contribution in [0.1, 0.15) is 38.2 Å². The second kappa shape index (κ2) is 5.58. The van der Waals surface area contributed by atoms with E-state index in [2.05, 4.69) is 58.9 Å². The van der Waals surface area contributed by atoms with Crippen molar-refractivity contribution in [3.8, 4) is 0 Å². The minimum atomic E-state index is 0.762. The molecule has 18 heavy (non-hydrogen) atoms. The molecule has 1 aromatic rings. The van der Waals surface area contributed by atoms with E-state index in [4.69, 9.17) is 0 Å². The van der Waals surface area contributed by atoms with Crippen LogP contribution in [0.5, 0.6) is 0 Å². The Morgan fingerprint density at radius 2 is 2.11 bits per heavy atom. The van der Waals surface area contributed by atoms with Crippen molar-refractivity contribution in [2.24, 2.45) is 11.8 Å². The first kappa shape index (κ1) is 13.1. The maximum atomic E-state index is 3.92. The summed E-state index contributed by atoms with van der Waals surface area (Å²) in [5.41, 5.74) is 1.57. The molecule has 1 aliphatic heterocycles. The summed E-state index contributed by atoms with van der Waals surface area (Å²) in [5, 5.41) is 0.817. The van der Waals surface area contributed by atoms with Crippen LogP contribution in [-0.4, -0.2) is 10.1 Å². The van der Waals surface area contributed by atoms with E-state index in [-0.39, 0.29) is 0 Å². The van der Waals surface area contributed by atoms with Crippen molar-refractivity contribution in [2.75, 3.05) is 0 Å². The average molecular weight is 325 g/mol. The zero-order valence-electron chi connectivity index (χ0n) is 10.9. The molecule has 0 aromatic heterocycles. The summed E-state index contributed by atoms with van der Waals surface area (Å²) in [6, 6.07) is 8.94. The maximum Gasteiger partial charge on any atom is 0.0174 e. The molecule has 0 saturated heterocycles. The molecule has 3 rings (SSSR count). The Hall–Kier alpha value is 0.0500. The lowest BCUT2D eigenvalue weighted by Crippen LogP contribution is -2.26. The third-order valence-corrected chi connectivity index (χ3v) is 6.98. The van der Waals surface area contributed by atoms with Crippen molar-refractivity contribution in [1.29, 1.82) is 0 Å². The van der Waals surface area contributed by atoms with Gasteiger partial charge >= 0.3 is 0 Å². The Labute approximate surface area is 123 Å². The topological polar surface area (TPSA) is 0 Å². The number of thioether (sulfide) groups is 1. The molecule has 2 heteroatoms. The molecule has 4 atom stereocenters. The Bertz CT molecular complexity index is 392. The molecule has 0 N–H and O–H groups in total. The van der Waals surface area contributed by atoms with Gasteiger partial charge in [0.15, 0.2) is 0 Å². The van der Waals surface area contributed by atoms with Gasteiger partial charge in [0.1, 0.15) is 0 Å². The van der Waals surface area contributed by atoms with Gasteiger partial charge in [0.2, 0.25) is 0 Å². The maximum absolute atomic E-state index is 3.92. The SMILES string of the molecule is CC1CCC(Br)C(CC2Cc3ccccc3S2)C1. The smallest absolute Gasteiger partial charge is 0.0174 e. The summed E-state index contributed by atoms with van der Waals surface area (Å²) in [7, 11) is 0. The minimum absolute atomic E-state index is 0.762. The summed E-state index contributed by atoms with van der Waals surface area (Å²) < 4.78 is 0. The van der Waals surface area contributed by atoms with Crippen LogP contribution < -0.4 is 0 Å². The summed E-state index contributed by atoms with van der Waals surface area (Å²) in [5.74, 6) is 1.82. The van der Waals surface area contributed by atoms with E-state index >= 15 is 0 Å². The summed E-state index contributed by atoms with van der Waals surface area (Å²) in [6.45, 7) is 2.42. The number of rotatable bonds is 2. The number of halogens is 1. The Morgan fingerprint density at radius 1 is 1.28 bits per heavy atom. The second-order valence-corrected chi connectivity index (χ2v) is 8.50. The Kier molecular flexibility index (Phi) is 4.05. The van der Waals surface area contributed by atoms with Crippen LogP contribution in [0.4, 0.5) is 0 Å². The van der Waals surface area contributed by atoms with Crippen LogP contribution >= 0.6 is 27.7 Å². The predicted molar refractivity (Wildman–Crippen MR) is 83.6 cm³/mol. The van der Waals surface area contributed by atoms with Crippen molar-refractivity contribution >= 4 is 27.7 Å². The molecular weight excluding hydrogens is 304 g/mol. The molecule has 0 bridgehead atoms. The van der Waals surface area contributed by atoms with Gasteiger partial charge in [-0.3, -0.25) is 0 Å². The lowest BCUT2D eigenvalue weighted by molar-refractivity contribution is 0.281. The zero-order chi connectivity index (χ0) is 12.5. The van der Waals surface area contributed by atoms with Gasteiger partial charge in [0.05, 0.1) is 0 Å². The van der Waals surface area contributed by atoms with Crippen molar-refractivity contribution in [3.63, 3.8) is 0 Å². The number of hydrogen-bond acceptors (Lipinski definition) is 1. The van der Waals surface area contributed by atoms with Gasteiger partial charge in [-0.05, 0) is 55.6 Å². The van der Waals surface area contributed by atoms with E-state index in [1.54, 1.807) is 5.56 Å². The molecule has 1 aromatic carbocycles. The van der Waals surface area contributed by atoms with E-state index < -0.39 is 0 Å². The van der Waals surface area contributed by atoms with Crippen LogP contribution in [0.2, 0.25) is 0 Å². The van der Waals surface area contributed by atoms with Crippen LogP contribution in [0.3, 0.4) is 0 Å². The van der Waals surface area contributed by atoms with Gasteiger partial charge in [-0.1, -0.05) is 41.1 Å². The number of benzene rings is 1. The number of fused-ring (bicyclic) bond motifs is 1. The third kappa shape index (κ3) is 2.80. The normalized spacial score (nSPS) is 35.4. The largest absolute Gasteiger partial charge is 0.122 e. The van der Waals surface area contributed by atoms with Crippen molar-refractivity contribution in [2.45, 2.75) is 54.0 Å². The van der Waals surface area contributed by atoms with E-state index in [0.717, 1.165) is 21.9 Å². The van der Waals surface area contributed by atoms with Gasteiger partial charge in [-0.25, -0.2) is 0 Å². The van der Waals surface area contributed by atoms with Crippen LogP contribution in [0.15, 0.2) is 29.2 Å². The molecule has 1 fully saturated rings. The van der Waals surface area contributed by atoms with Gasteiger partial charge in [0.25, 0.3) is 0 Å². The van der Waals surface area contributed by atoms with Gasteiger partial charge in [-0.2, -0.15) is 0 Å². The minimum Gasteiger partial charge on any atom is -0.122 e. The van der Waals surface area contributed by atoms with Crippen LogP contribution in [0, 0.1) is 11.8 Å². The zero-order valence-corrected chi connectivity index (χ0v) is 13.3. The van der Waals surface area contributed by atoms with E-state index in [1.165, 1.54) is 37.0 Å². The highest BCUT2D eigenvalue weighted by molar-refractivity contribution is 9.09. The molecule has 1 saturated carbocycles. The van der Waals surface area contributed by atoms with Gasteiger partial charge in [0, 0.05) is 15.0 Å². The first-order valence-corrected chi connectivity index (χ1v) is 8.90. The van der Waals surface area contributed by atoms with E-state index in [9.17, 15) is 0 Å². The highest BCUT2D eigenvalue weighted by atomic mass is 79.9. The first-order chi connectivity index (χ1) is 8.72. The summed E-state index contributed by atoms with van der Waals surface area (Å²) >= 11 is 6.03. The molecule has 1 aliphatic carbocycles. The molecule has 0 amide bonds. The monoisotopic (exact) mass is 324 g/mol. The quantitative estimate of drug-likeness (QED) is 0.666. The molecule has 4 unspecified atom stereocenters. The Balaban J connectivity index is 1.62. The highest BCUT2D eigenvalue weighted by Gasteiger charge is 2.31. The number of alkyl halides is 1. The lowest BCUT2D eigenvalue weighted by Gasteiger charge is -2.33. The molecular formula is C16H21BrS. The fourth-order valence-corrected chi connectivity index (χ4v) is 5.55. The molecule has 0 spiro atoms. The van der Waals surface area contributed by atoms with Crippen molar-refractivity contribution in [1.82, 2.24) is 0 Å². The summed E-state index contributed by atoms with van der Waals surface area (Å²) in [4.78, 5) is 2.29. The van der Waals surface area contributed by atoms with Crippen molar-refractivity contribution in [3.05, 3.63) is 29.8 Å². The highest BCUT2D eigenvalue weighted by Crippen LogP contribution is 2.43. The number of hydrogen-bond donors (Lipinski definition) is 0. The van der Waals surface area contributed by atoms with E-state index in [0.29, 0.717) is 0 Å². The fourth-order valence-electron chi connectivity index (χ4n) is 3.43. The molecule has 0 nitrogen and oxygen atoms in total. The average Bonchev–Trinajstić information content (AvgIpc) is 2.76. The fraction of sp³-hybridized carbons (Fsp3) is 0.625. The van der Waals surface area contributed by atoms with E-state index in [1.807, 2.05) is 0 Å². The predicted octanol–water partition coefficient (Wildman–Crippen LogP) is 5.29. The van der Waals surface area contributed by atoms with Gasteiger partial charge < -0.3 is 0 Å².